The summed E-state index contributed by atoms with van der Waals surface area (Å²) in [7, 11) is 0. The maximum Gasteiger partial charge on any atom is 0.312 e. The molecule has 0 aromatic rings. The van der Waals surface area contributed by atoms with Gasteiger partial charge in [-0.25, -0.2) is 0 Å². The summed E-state index contributed by atoms with van der Waals surface area (Å²) in [6.07, 6.45) is 4.12. The third-order valence-corrected chi connectivity index (χ3v) is 3.74. The van der Waals surface area contributed by atoms with E-state index in [1.807, 2.05) is 0 Å². The van der Waals surface area contributed by atoms with Crippen LogP contribution in [0.3, 0.4) is 0 Å². The van der Waals surface area contributed by atoms with Crippen LogP contribution >= 0.6 is 0 Å². The first-order valence-electron chi connectivity index (χ1n) is 5.95. The monoisotopic (exact) mass is 222 g/mol. The van der Waals surface area contributed by atoms with Crippen LogP contribution in [0.25, 0.3) is 0 Å². The first-order valence-corrected chi connectivity index (χ1v) is 5.95. The smallest absolute Gasteiger partial charge is 0.312 e. The van der Waals surface area contributed by atoms with Gasteiger partial charge in [-0.1, -0.05) is 0 Å². The first-order chi connectivity index (χ1) is 7.70. The molecule has 1 saturated heterocycles. The number of hydrogen-bond acceptors (Lipinski definition) is 2. The molecule has 1 aliphatic heterocycles. The van der Waals surface area contributed by atoms with Crippen molar-refractivity contribution >= 4 is 5.97 Å². The van der Waals surface area contributed by atoms with E-state index in [1.54, 1.807) is 6.92 Å². The summed E-state index contributed by atoms with van der Waals surface area (Å²) in [6, 6.07) is 0. The Morgan fingerprint density at radius 1 is 1.56 bits per heavy atom. The van der Waals surface area contributed by atoms with Gasteiger partial charge in [-0.2, -0.15) is 0 Å². The van der Waals surface area contributed by atoms with Crippen LogP contribution in [0.4, 0.5) is 0 Å². The molecular weight excluding hydrogens is 204 g/mol. The standard InChI is InChI=1S/C13H18O3/c1-2-3-4-7-13(12(14)15)8-9-16-11(13)10-5-6-10/h10-11H,4-9H2,1H3,(H,14,15). The predicted octanol–water partition coefficient (Wildman–Crippen LogP) is 2.06. The van der Waals surface area contributed by atoms with Gasteiger partial charge >= 0.3 is 5.97 Å². The number of carboxylic acid groups (broad SMARTS) is 1. The van der Waals surface area contributed by atoms with Crippen LogP contribution in [-0.4, -0.2) is 23.8 Å². The number of carbonyl (C=O) groups is 1. The summed E-state index contributed by atoms with van der Waals surface area (Å²) in [5, 5.41) is 9.48. The SMILES string of the molecule is CC#CCCC1(C(=O)O)CCOC1C1CC1. The molecule has 0 aromatic carbocycles. The Kier molecular flexibility index (Phi) is 3.20. The highest BCUT2D eigenvalue weighted by atomic mass is 16.5. The Labute approximate surface area is 96.2 Å². The van der Waals surface area contributed by atoms with E-state index in [4.69, 9.17) is 4.74 Å². The van der Waals surface area contributed by atoms with Gasteiger partial charge < -0.3 is 9.84 Å². The topological polar surface area (TPSA) is 46.5 Å². The summed E-state index contributed by atoms with van der Waals surface area (Å²) >= 11 is 0. The van der Waals surface area contributed by atoms with Gasteiger partial charge in [-0.3, -0.25) is 4.79 Å². The lowest BCUT2D eigenvalue weighted by molar-refractivity contribution is -0.153. The molecule has 2 fully saturated rings. The number of hydrogen-bond donors (Lipinski definition) is 1. The van der Waals surface area contributed by atoms with Gasteiger partial charge in [0.2, 0.25) is 0 Å². The zero-order chi connectivity index (χ0) is 11.6. The van der Waals surface area contributed by atoms with E-state index in [0.717, 1.165) is 12.8 Å². The Bertz CT molecular complexity index is 335. The molecule has 16 heavy (non-hydrogen) atoms. The molecule has 88 valence electrons. The molecule has 3 nitrogen and oxygen atoms in total. The Hall–Kier alpha value is -1.01. The fraction of sp³-hybridized carbons (Fsp3) is 0.769. The molecule has 1 N–H and O–H groups in total. The number of rotatable bonds is 4. The molecule has 1 aliphatic carbocycles. The minimum atomic E-state index is -0.695. The van der Waals surface area contributed by atoms with E-state index in [1.165, 1.54) is 0 Å². The summed E-state index contributed by atoms with van der Waals surface area (Å²) in [5.74, 6) is 5.57. The molecule has 0 radical (unpaired) electrons. The van der Waals surface area contributed by atoms with E-state index in [2.05, 4.69) is 11.8 Å². The van der Waals surface area contributed by atoms with E-state index < -0.39 is 11.4 Å². The van der Waals surface area contributed by atoms with Crippen molar-refractivity contribution in [3.05, 3.63) is 0 Å². The van der Waals surface area contributed by atoms with Gasteiger partial charge in [0, 0.05) is 13.0 Å². The highest BCUT2D eigenvalue weighted by Gasteiger charge is 2.55. The van der Waals surface area contributed by atoms with Crippen molar-refractivity contribution in [1.29, 1.82) is 0 Å². The second-order valence-corrected chi connectivity index (χ2v) is 4.77. The van der Waals surface area contributed by atoms with Gasteiger partial charge in [-0.15, -0.1) is 11.8 Å². The third-order valence-electron chi connectivity index (χ3n) is 3.74. The largest absolute Gasteiger partial charge is 0.481 e. The molecule has 2 atom stereocenters. The molecule has 2 aliphatic rings. The molecule has 2 rings (SSSR count). The van der Waals surface area contributed by atoms with Crippen LogP contribution in [0, 0.1) is 23.2 Å². The lowest BCUT2D eigenvalue weighted by Crippen LogP contribution is -2.40. The maximum absolute atomic E-state index is 11.5. The summed E-state index contributed by atoms with van der Waals surface area (Å²) in [5.41, 5.74) is -0.662. The zero-order valence-corrected chi connectivity index (χ0v) is 9.66. The van der Waals surface area contributed by atoms with Crippen LogP contribution in [-0.2, 0) is 9.53 Å². The van der Waals surface area contributed by atoms with E-state index in [-0.39, 0.29) is 6.10 Å². The van der Waals surface area contributed by atoms with Gasteiger partial charge in [0.05, 0.1) is 11.5 Å². The van der Waals surface area contributed by atoms with E-state index in [9.17, 15) is 9.90 Å². The maximum atomic E-state index is 11.5. The quantitative estimate of drug-likeness (QED) is 0.741. The molecule has 1 heterocycles. The average Bonchev–Trinajstić information content (AvgIpc) is 3.00. The third kappa shape index (κ3) is 1.94. The number of carboxylic acids is 1. The molecule has 0 bridgehead atoms. The fourth-order valence-electron chi connectivity index (χ4n) is 2.67. The zero-order valence-electron chi connectivity index (χ0n) is 9.66. The van der Waals surface area contributed by atoms with E-state index in [0.29, 0.717) is 31.8 Å². The van der Waals surface area contributed by atoms with Crippen molar-refractivity contribution < 1.29 is 14.6 Å². The highest BCUT2D eigenvalue weighted by molar-refractivity contribution is 5.76. The number of ether oxygens (including phenoxy) is 1. The highest BCUT2D eigenvalue weighted by Crippen LogP contribution is 2.50. The molecular formula is C13H18O3. The van der Waals surface area contributed by atoms with Crippen LogP contribution in [0.15, 0.2) is 0 Å². The summed E-state index contributed by atoms with van der Waals surface area (Å²) < 4.78 is 5.66. The molecule has 0 amide bonds. The second-order valence-electron chi connectivity index (χ2n) is 4.77. The Morgan fingerprint density at radius 3 is 2.88 bits per heavy atom. The minimum Gasteiger partial charge on any atom is -0.481 e. The van der Waals surface area contributed by atoms with Crippen molar-refractivity contribution in [2.24, 2.45) is 11.3 Å². The van der Waals surface area contributed by atoms with Crippen LogP contribution < -0.4 is 0 Å². The van der Waals surface area contributed by atoms with Gasteiger partial charge in [0.15, 0.2) is 0 Å². The van der Waals surface area contributed by atoms with Crippen LogP contribution in [0.2, 0.25) is 0 Å². The van der Waals surface area contributed by atoms with Crippen molar-refractivity contribution in [2.75, 3.05) is 6.61 Å². The summed E-state index contributed by atoms with van der Waals surface area (Å²) in [6.45, 7) is 2.38. The van der Waals surface area contributed by atoms with Crippen LogP contribution in [0.5, 0.6) is 0 Å². The summed E-state index contributed by atoms with van der Waals surface area (Å²) in [4.78, 5) is 11.5. The average molecular weight is 222 g/mol. The molecule has 1 saturated carbocycles. The predicted molar refractivity (Wildman–Crippen MR) is 59.8 cm³/mol. The Balaban J connectivity index is 2.11. The lowest BCUT2D eigenvalue weighted by atomic mass is 9.75. The van der Waals surface area contributed by atoms with Crippen molar-refractivity contribution in [3.63, 3.8) is 0 Å². The molecule has 0 aromatic heterocycles. The van der Waals surface area contributed by atoms with Gasteiger partial charge in [0.1, 0.15) is 0 Å². The first kappa shape index (κ1) is 11.5. The lowest BCUT2D eigenvalue weighted by Gasteiger charge is -2.29. The normalized spacial score (nSPS) is 33.2. The molecule has 2 unspecified atom stereocenters. The van der Waals surface area contributed by atoms with E-state index >= 15 is 0 Å². The molecule has 3 heteroatoms. The Morgan fingerprint density at radius 2 is 2.31 bits per heavy atom. The van der Waals surface area contributed by atoms with Crippen LogP contribution in [0.1, 0.15) is 39.0 Å². The van der Waals surface area contributed by atoms with Gasteiger partial charge in [0.25, 0.3) is 0 Å². The second kappa shape index (κ2) is 4.47. The van der Waals surface area contributed by atoms with Crippen molar-refractivity contribution in [1.82, 2.24) is 0 Å². The fourth-order valence-corrected chi connectivity index (χ4v) is 2.67. The molecule has 0 spiro atoms. The minimum absolute atomic E-state index is 0.0661. The number of aliphatic carboxylic acids is 1. The van der Waals surface area contributed by atoms with Gasteiger partial charge in [-0.05, 0) is 38.5 Å². The van der Waals surface area contributed by atoms with Crippen molar-refractivity contribution in [3.8, 4) is 11.8 Å². The van der Waals surface area contributed by atoms with Crippen molar-refractivity contribution in [2.45, 2.75) is 45.1 Å².